The lowest BCUT2D eigenvalue weighted by Crippen LogP contribution is -2.40. The minimum absolute atomic E-state index is 0.00444. The highest BCUT2D eigenvalue weighted by Crippen LogP contribution is 2.69. The van der Waals surface area contributed by atoms with Gasteiger partial charge in [0.2, 0.25) is 5.91 Å². The Bertz CT molecular complexity index is 820. The average Bonchev–Trinajstić information content (AvgIpc) is 3.15. The SMILES string of the molecule is NC(=O)C1CCN(C[C@@H]2[C@@H](c3ccccc3)[C@]23CN(C2CCCC2)C[C@@H]3O)CC1.O=CO.O=CO. The van der Waals surface area contributed by atoms with Crippen molar-refractivity contribution in [3.8, 4) is 0 Å². The molecule has 1 aromatic carbocycles. The Morgan fingerprint density at radius 2 is 1.60 bits per heavy atom. The number of aliphatic hydroxyl groups excluding tert-OH is 1. The number of hydrogen-bond donors (Lipinski definition) is 4. The third-order valence-electron chi connectivity index (χ3n) is 8.51. The van der Waals surface area contributed by atoms with Gasteiger partial charge in [-0.3, -0.25) is 19.3 Å². The maximum atomic E-state index is 11.5. The van der Waals surface area contributed by atoms with Crippen LogP contribution < -0.4 is 5.73 Å². The summed E-state index contributed by atoms with van der Waals surface area (Å²) < 4.78 is 0. The van der Waals surface area contributed by atoms with Gasteiger partial charge in [-0.05, 0) is 56.2 Å². The van der Waals surface area contributed by atoms with Gasteiger partial charge in [0.05, 0.1) is 6.10 Å². The number of rotatable bonds is 5. The molecule has 0 unspecified atom stereocenters. The van der Waals surface area contributed by atoms with E-state index in [-0.39, 0.29) is 36.3 Å². The molecule has 1 amide bonds. The fourth-order valence-electron chi connectivity index (χ4n) is 6.83. The van der Waals surface area contributed by atoms with E-state index in [1.807, 2.05) is 0 Å². The molecule has 0 radical (unpaired) electrons. The van der Waals surface area contributed by atoms with E-state index in [0.29, 0.717) is 17.9 Å². The van der Waals surface area contributed by atoms with Crippen LogP contribution in [0.5, 0.6) is 0 Å². The zero-order valence-electron chi connectivity index (χ0n) is 20.2. The number of carbonyl (C=O) groups is 3. The summed E-state index contributed by atoms with van der Waals surface area (Å²) in [7, 11) is 0. The molecular formula is C26H39N3O6. The van der Waals surface area contributed by atoms with Gasteiger partial charge in [0.25, 0.3) is 12.9 Å². The summed E-state index contributed by atoms with van der Waals surface area (Å²) in [5.41, 5.74) is 6.91. The minimum Gasteiger partial charge on any atom is -0.483 e. The van der Waals surface area contributed by atoms with E-state index in [1.165, 1.54) is 31.2 Å². The molecule has 2 aliphatic heterocycles. The van der Waals surface area contributed by atoms with E-state index in [0.717, 1.165) is 45.6 Å². The van der Waals surface area contributed by atoms with Crippen molar-refractivity contribution in [2.45, 2.75) is 56.6 Å². The number of likely N-dealkylation sites (tertiary alicyclic amines) is 2. The molecule has 35 heavy (non-hydrogen) atoms. The van der Waals surface area contributed by atoms with E-state index in [4.69, 9.17) is 25.5 Å². The molecule has 9 nitrogen and oxygen atoms in total. The number of piperidine rings is 1. The van der Waals surface area contributed by atoms with Crippen LogP contribution in [0.3, 0.4) is 0 Å². The first-order valence-corrected chi connectivity index (χ1v) is 12.6. The fourth-order valence-corrected chi connectivity index (χ4v) is 6.83. The van der Waals surface area contributed by atoms with Gasteiger partial charge in [0, 0.05) is 37.0 Å². The summed E-state index contributed by atoms with van der Waals surface area (Å²) in [6.45, 7) is 4.31. The Morgan fingerprint density at radius 3 is 2.14 bits per heavy atom. The summed E-state index contributed by atoms with van der Waals surface area (Å²) >= 11 is 0. The van der Waals surface area contributed by atoms with Crippen molar-refractivity contribution in [1.29, 1.82) is 0 Å². The first-order valence-electron chi connectivity index (χ1n) is 12.6. The van der Waals surface area contributed by atoms with Gasteiger partial charge in [-0.25, -0.2) is 0 Å². The molecule has 2 aliphatic carbocycles. The number of carbonyl (C=O) groups excluding carboxylic acids is 1. The summed E-state index contributed by atoms with van der Waals surface area (Å²) in [6.07, 6.45) is 6.79. The van der Waals surface area contributed by atoms with Gasteiger partial charge in [-0.2, -0.15) is 0 Å². The first-order chi connectivity index (χ1) is 16.9. The maximum Gasteiger partial charge on any atom is 0.290 e. The van der Waals surface area contributed by atoms with Gasteiger partial charge >= 0.3 is 0 Å². The number of amides is 1. The highest BCUT2D eigenvalue weighted by atomic mass is 16.3. The molecule has 4 atom stereocenters. The van der Waals surface area contributed by atoms with Gasteiger partial charge < -0.3 is 26.0 Å². The lowest BCUT2D eigenvalue weighted by Gasteiger charge is -2.31. The van der Waals surface area contributed by atoms with Crippen molar-refractivity contribution in [3.63, 3.8) is 0 Å². The molecule has 4 aliphatic rings. The smallest absolute Gasteiger partial charge is 0.290 e. The second-order valence-corrected chi connectivity index (χ2v) is 10.2. The molecule has 194 valence electrons. The number of hydrogen-bond acceptors (Lipinski definition) is 6. The minimum atomic E-state index is -0.250. The van der Waals surface area contributed by atoms with Gasteiger partial charge in [0.1, 0.15) is 0 Å². The number of primary amides is 1. The van der Waals surface area contributed by atoms with E-state index < -0.39 is 0 Å². The second kappa shape index (κ2) is 12.5. The Balaban J connectivity index is 0.000000520. The van der Waals surface area contributed by atoms with Crippen LogP contribution >= 0.6 is 0 Å². The van der Waals surface area contributed by atoms with Gasteiger partial charge in [-0.1, -0.05) is 43.2 Å². The lowest BCUT2D eigenvalue weighted by molar-refractivity contribution is -0.123. The van der Waals surface area contributed by atoms with Crippen molar-refractivity contribution < 1.29 is 29.7 Å². The van der Waals surface area contributed by atoms with Crippen molar-refractivity contribution >= 4 is 18.9 Å². The first kappa shape index (κ1) is 27.1. The molecule has 4 fully saturated rings. The van der Waals surface area contributed by atoms with Crippen LogP contribution in [0.1, 0.15) is 50.0 Å². The third kappa shape index (κ3) is 6.02. The number of nitrogens with zero attached hydrogens (tertiary/aromatic N) is 2. The molecule has 1 spiro atoms. The Hall–Kier alpha value is -2.49. The predicted octanol–water partition coefficient (Wildman–Crippen LogP) is 1.60. The van der Waals surface area contributed by atoms with E-state index in [9.17, 15) is 9.90 Å². The zero-order valence-corrected chi connectivity index (χ0v) is 20.2. The molecule has 9 heteroatoms. The molecule has 2 heterocycles. The van der Waals surface area contributed by atoms with Crippen LogP contribution in [0.2, 0.25) is 0 Å². The Kier molecular flexibility index (Phi) is 9.65. The third-order valence-corrected chi connectivity index (χ3v) is 8.51. The quantitative estimate of drug-likeness (QED) is 0.457. The van der Waals surface area contributed by atoms with Crippen LogP contribution in [0.15, 0.2) is 30.3 Å². The standard InChI is InChI=1S/C24H35N3O2.2CH2O2/c25-23(29)18-10-12-26(13-11-18)14-20-22(17-6-2-1-3-7-17)24(20)16-27(15-21(24)28)19-8-4-5-9-19;2*2-1-3/h1-3,6-7,18-22,28H,4-5,8-16H2,(H2,25,29);2*1H,(H,2,3)/t20-,21+,22-,24-;;/m1../s1. The summed E-state index contributed by atoms with van der Waals surface area (Å²) in [4.78, 5) is 33.3. The van der Waals surface area contributed by atoms with Crippen molar-refractivity contribution in [2.24, 2.45) is 23.0 Å². The highest BCUT2D eigenvalue weighted by Gasteiger charge is 2.71. The van der Waals surface area contributed by atoms with E-state index >= 15 is 0 Å². The molecule has 2 saturated carbocycles. The Morgan fingerprint density at radius 1 is 1.03 bits per heavy atom. The molecule has 5 rings (SSSR count). The van der Waals surface area contributed by atoms with Crippen LogP contribution in [-0.4, -0.2) is 88.8 Å². The second-order valence-electron chi connectivity index (χ2n) is 10.2. The molecule has 0 aromatic heterocycles. The van der Waals surface area contributed by atoms with Crippen LogP contribution in [-0.2, 0) is 14.4 Å². The number of benzene rings is 1. The predicted molar refractivity (Wildman–Crippen MR) is 131 cm³/mol. The molecule has 0 bridgehead atoms. The molecule has 1 aromatic rings. The van der Waals surface area contributed by atoms with Gasteiger partial charge in [-0.15, -0.1) is 0 Å². The average molecular weight is 490 g/mol. The highest BCUT2D eigenvalue weighted by molar-refractivity contribution is 5.76. The maximum absolute atomic E-state index is 11.5. The Labute approximate surface area is 206 Å². The summed E-state index contributed by atoms with van der Waals surface area (Å²) in [5, 5.41) is 25.1. The normalized spacial score (nSPS) is 31.2. The molecule has 2 saturated heterocycles. The lowest BCUT2D eigenvalue weighted by atomic mass is 9.94. The molecular weight excluding hydrogens is 450 g/mol. The summed E-state index contributed by atoms with van der Waals surface area (Å²) in [5.74, 6) is 0.836. The number of aliphatic hydroxyl groups is 1. The monoisotopic (exact) mass is 489 g/mol. The largest absolute Gasteiger partial charge is 0.483 e. The summed E-state index contributed by atoms with van der Waals surface area (Å²) in [6, 6.07) is 11.5. The van der Waals surface area contributed by atoms with Crippen molar-refractivity contribution in [1.82, 2.24) is 9.80 Å². The topological polar surface area (TPSA) is 144 Å². The van der Waals surface area contributed by atoms with Crippen molar-refractivity contribution in [3.05, 3.63) is 35.9 Å². The van der Waals surface area contributed by atoms with Crippen LogP contribution in [0, 0.1) is 17.3 Å². The number of β-amino-alcohol motifs (C(OH)–C–C–N with tert-alkyl or cyclic N) is 1. The van der Waals surface area contributed by atoms with Crippen molar-refractivity contribution in [2.75, 3.05) is 32.7 Å². The zero-order chi connectivity index (χ0) is 25.4. The number of nitrogens with two attached hydrogens (primary N) is 1. The van der Waals surface area contributed by atoms with Crippen LogP contribution in [0.25, 0.3) is 0 Å². The van der Waals surface area contributed by atoms with E-state index in [2.05, 4.69) is 40.1 Å². The fraction of sp³-hybridized carbons (Fsp3) is 0.654. The van der Waals surface area contributed by atoms with E-state index in [1.54, 1.807) is 0 Å². The number of carboxylic acid groups (broad SMARTS) is 2. The molecule has 5 N–H and O–H groups in total. The van der Waals surface area contributed by atoms with Gasteiger partial charge in [0.15, 0.2) is 0 Å². The van der Waals surface area contributed by atoms with Crippen LogP contribution in [0.4, 0.5) is 0 Å².